The fourth-order valence-electron chi connectivity index (χ4n) is 12.9. The zero-order valence-electron chi connectivity index (χ0n) is 43.0. The predicted molar refractivity (Wildman–Crippen MR) is 312 cm³/mol. The molecule has 2 aliphatic rings. The van der Waals surface area contributed by atoms with Crippen molar-refractivity contribution >= 4 is 106 Å². The molecule has 1 aliphatic heterocycles. The molecule has 9 aromatic carbocycles. The molecule has 1 aliphatic carbocycles. The highest BCUT2D eigenvalue weighted by molar-refractivity contribution is 6.74. The highest BCUT2D eigenvalue weighted by Gasteiger charge is 2.38. The van der Waals surface area contributed by atoms with Crippen LogP contribution in [0.1, 0.15) is 78.0 Å². The van der Waals surface area contributed by atoms with E-state index in [9.17, 15) is 0 Å². The second kappa shape index (κ2) is 15.2. The topological polar surface area (TPSA) is 56.4 Å². The van der Waals surface area contributed by atoms with Crippen molar-refractivity contribution in [2.24, 2.45) is 0 Å². The fourth-order valence-corrected chi connectivity index (χ4v) is 12.9. The maximum atomic E-state index is 7.04. The van der Waals surface area contributed by atoms with Crippen LogP contribution < -0.4 is 16.2 Å². The molecule has 0 spiro atoms. The van der Waals surface area contributed by atoms with E-state index in [0.717, 1.165) is 113 Å². The van der Waals surface area contributed by atoms with Crippen molar-refractivity contribution in [2.45, 2.75) is 77.6 Å². The van der Waals surface area contributed by atoms with Gasteiger partial charge in [-0.2, -0.15) is 0 Å². The number of nitrogens with zero attached hydrogens (tertiary/aromatic N) is 1. The molecule has 5 nitrogen and oxygen atoms in total. The van der Waals surface area contributed by atoms with Crippen LogP contribution in [0.3, 0.4) is 0 Å². The van der Waals surface area contributed by atoms with Crippen molar-refractivity contribution in [3.63, 3.8) is 0 Å². The minimum atomic E-state index is 0.0364. The Kier molecular flexibility index (Phi) is 8.90. The van der Waals surface area contributed by atoms with E-state index in [4.69, 9.17) is 13.3 Å². The monoisotopic (exact) mass is 958 g/mol. The van der Waals surface area contributed by atoms with Crippen LogP contribution >= 0.6 is 0 Å². The van der Waals surface area contributed by atoms with Gasteiger partial charge in [-0.25, -0.2) is 0 Å². The Bertz CT molecular complexity index is 4500. The van der Waals surface area contributed by atoms with Crippen molar-refractivity contribution in [3.8, 4) is 39.5 Å². The van der Waals surface area contributed by atoms with E-state index in [1.807, 2.05) is 0 Å². The number of hydrogen-bond donors (Lipinski definition) is 1. The minimum Gasteiger partial charge on any atom is -0.456 e. The molecule has 0 saturated heterocycles. The quantitative estimate of drug-likeness (QED) is 0.175. The minimum absolute atomic E-state index is 0.0364. The first-order chi connectivity index (χ1) is 35.8. The third-order valence-electron chi connectivity index (χ3n) is 17.0. The normalized spacial score (nSPS) is 14.9. The number of anilines is 2. The molecule has 6 heteroatoms. The van der Waals surface area contributed by atoms with Crippen LogP contribution in [0.15, 0.2) is 183 Å². The molecule has 74 heavy (non-hydrogen) atoms. The molecule has 5 heterocycles. The Morgan fingerprint density at radius 3 is 1.81 bits per heavy atom. The van der Waals surface area contributed by atoms with E-state index in [1.54, 1.807) is 0 Å². The van der Waals surface area contributed by atoms with Gasteiger partial charge in [-0.15, -0.1) is 0 Å². The van der Waals surface area contributed by atoms with Gasteiger partial charge in [0.25, 0.3) is 0 Å². The van der Waals surface area contributed by atoms with Crippen molar-refractivity contribution < 1.29 is 13.3 Å². The molecule has 0 bridgehead atoms. The van der Waals surface area contributed by atoms with Crippen molar-refractivity contribution in [1.82, 2.24) is 4.57 Å². The van der Waals surface area contributed by atoms with Gasteiger partial charge in [0.05, 0.1) is 11.2 Å². The van der Waals surface area contributed by atoms with Crippen LogP contribution in [0.2, 0.25) is 0 Å². The van der Waals surface area contributed by atoms with Crippen LogP contribution in [-0.2, 0) is 16.2 Å². The maximum Gasteiger partial charge on any atom is 0.198 e. The standard InChI is InChI=1S/C68H55BN2O3/c1-66(2,3)40-22-24-41(25-23-40)70-55-36-60-48(49-32-52-53(35-59(49)73-60)68(6,7)29-28-67(52,4)5)30-45(55)43-26-27-44-46-31-47-42-20-14-15-21-58(42)72-61(47)37-56(46)71-57-34-51-50(33-54(57)69-62(43)63(44)71)64(38-16-10-8-11-17-38)74-65(51)39-18-12-9-13-19-39/h8-27,30-37,69-70H,28-29H2,1-7H3. The second-order valence-electron chi connectivity index (χ2n) is 23.6. The lowest BCUT2D eigenvalue weighted by Crippen LogP contribution is -2.37. The highest BCUT2D eigenvalue weighted by Crippen LogP contribution is 2.50. The third-order valence-corrected chi connectivity index (χ3v) is 17.0. The van der Waals surface area contributed by atoms with E-state index >= 15 is 0 Å². The van der Waals surface area contributed by atoms with Gasteiger partial charge in [0.15, 0.2) is 7.28 Å². The van der Waals surface area contributed by atoms with Crippen LogP contribution in [0.4, 0.5) is 11.4 Å². The van der Waals surface area contributed by atoms with Gasteiger partial charge >= 0.3 is 0 Å². The molecule has 0 fully saturated rings. The number of furan rings is 3. The molecule has 0 saturated carbocycles. The molecule has 4 aromatic heterocycles. The SMILES string of the molecule is CC(C)(C)c1ccc(Nc2cc3oc4cc5c(cc4c3cc2-c2ccc3c4cc6c(cc4n4c3c2Bc2cc3c(-c7ccccc7)oc(-c7ccccc7)c3cc2-4)oc2ccccc26)C(C)(C)CCC5(C)C)cc1. The summed E-state index contributed by atoms with van der Waals surface area (Å²) in [5, 5.41) is 13.1. The molecular formula is C68H55BN2O3. The summed E-state index contributed by atoms with van der Waals surface area (Å²) < 4.78 is 23.2. The molecule has 0 amide bonds. The van der Waals surface area contributed by atoms with Gasteiger partial charge in [0.1, 0.15) is 33.9 Å². The lowest BCUT2D eigenvalue weighted by atomic mass is 9.58. The van der Waals surface area contributed by atoms with Crippen molar-refractivity contribution in [1.29, 1.82) is 0 Å². The number of hydrogen-bond acceptors (Lipinski definition) is 4. The number of para-hydroxylation sites is 1. The molecule has 358 valence electrons. The van der Waals surface area contributed by atoms with Gasteiger partial charge in [-0.05, 0) is 105 Å². The molecule has 0 atom stereocenters. The van der Waals surface area contributed by atoms with E-state index in [0.29, 0.717) is 7.28 Å². The molecule has 1 N–H and O–H groups in total. The summed E-state index contributed by atoms with van der Waals surface area (Å²) in [6.07, 6.45) is 2.29. The number of benzene rings is 9. The number of nitrogens with one attached hydrogen (secondary N) is 1. The average molecular weight is 959 g/mol. The van der Waals surface area contributed by atoms with Gasteiger partial charge in [-0.3, -0.25) is 0 Å². The Morgan fingerprint density at radius 1 is 0.486 bits per heavy atom. The summed E-state index contributed by atoms with van der Waals surface area (Å²) in [6, 6.07) is 62.1. The zero-order valence-corrected chi connectivity index (χ0v) is 43.0. The third kappa shape index (κ3) is 6.36. The molecular weight excluding hydrogens is 904 g/mol. The first-order valence-corrected chi connectivity index (χ1v) is 26.3. The number of fused-ring (bicyclic) bond motifs is 13. The maximum absolute atomic E-state index is 7.04. The Labute approximate surface area is 430 Å². The van der Waals surface area contributed by atoms with Gasteiger partial charge in [0.2, 0.25) is 0 Å². The summed E-state index contributed by atoms with van der Waals surface area (Å²) in [5.74, 6) is 1.75. The summed E-state index contributed by atoms with van der Waals surface area (Å²) in [7, 11) is 0.716. The molecule has 13 aromatic rings. The van der Waals surface area contributed by atoms with Crippen LogP contribution in [0, 0.1) is 0 Å². The molecule has 0 unspecified atom stereocenters. The van der Waals surface area contributed by atoms with Crippen LogP contribution in [-0.4, -0.2) is 11.8 Å². The average Bonchev–Trinajstić information content (AvgIpc) is 4.16. The summed E-state index contributed by atoms with van der Waals surface area (Å²) >= 11 is 0. The highest BCUT2D eigenvalue weighted by atomic mass is 16.3. The lowest BCUT2D eigenvalue weighted by Gasteiger charge is -2.41. The van der Waals surface area contributed by atoms with Crippen LogP contribution in [0.25, 0.3) is 116 Å². The number of rotatable bonds is 5. The second-order valence-corrected chi connectivity index (χ2v) is 23.6. The lowest BCUT2D eigenvalue weighted by molar-refractivity contribution is 0.332. The van der Waals surface area contributed by atoms with E-state index < -0.39 is 0 Å². The molecule has 0 radical (unpaired) electrons. The number of aromatic nitrogens is 1. The van der Waals surface area contributed by atoms with E-state index in [2.05, 4.69) is 228 Å². The van der Waals surface area contributed by atoms with Gasteiger partial charge in [-0.1, -0.05) is 163 Å². The largest absolute Gasteiger partial charge is 0.456 e. The summed E-state index contributed by atoms with van der Waals surface area (Å²) in [6.45, 7) is 16.4. The Hall–Kier alpha value is -8.22. The predicted octanol–water partition coefficient (Wildman–Crippen LogP) is 17.4. The fraction of sp³-hybridized carbons (Fsp3) is 0.176. The van der Waals surface area contributed by atoms with Gasteiger partial charge < -0.3 is 23.1 Å². The van der Waals surface area contributed by atoms with Crippen molar-refractivity contribution in [3.05, 3.63) is 187 Å². The smallest absolute Gasteiger partial charge is 0.198 e. The van der Waals surface area contributed by atoms with Crippen molar-refractivity contribution in [2.75, 3.05) is 5.32 Å². The van der Waals surface area contributed by atoms with E-state index in [1.165, 1.54) is 54.9 Å². The summed E-state index contributed by atoms with van der Waals surface area (Å²) in [5.41, 5.74) is 20.3. The van der Waals surface area contributed by atoms with E-state index in [-0.39, 0.29) is 16.2 Å². The Balaban J connectivity index is 1.03. The first kappa shape index (κ1) is 43.4. The molecule has 15 rings (SSSR count). The van der Waals surface area contributed by atoms with Gasteiger partial charge in [0, 0.05) is 88.8 Å². The van der Waals surface area contributed by atoms with Crippen LogP contribution in [0.5, 0.6) is 0 Å². The Morgan fingerprint density at radius 2 is 1.09 bits per heavy atom. The summed E-state index contributed by atoms with van der Waals surface area (Å²) in [4.78, 5) is 0. The zero-order chi connectivity index (χ0) is 50.0. The first-order valence-electron chi connectivity index (χ1n) is 26.3.